The number of benzene rings is 1. The van der Waals surface area contributed by atoms with Crippen molar-refractivity contribution < 1.29 is 4.79 Å². The molecule has 0 saturated heterocycles. The molecule has 2 nitrogen and oxygen atoms in total. The molecule has 2 atom stereocenters. The lowest BCUT2D eigenvalue weighted by molar-refractivity contribution is 0.101. The third kappa shape index (κ3) is 2.72. The van der Waals surface area contributed by atoms with Crippen LogP contribution in [0.4, 0.5) is 0 Å². The quantitative estimate of drug-likeness (QED) is 0.775. The Labute approximate surface area is 111 Å². The lowest BCUT2D eigenvalue weighted by Crippen LogP contribution is -2.13. The van der Waals surface area contributed by atoms with E-state index in [9.17, 15) is 4.79 Å². The van der Waals surface area contributed by atoms with Crippen LogP contribution >= 0.6 is 11.8 Å². The molecule has 1 aliphatic rings. The molecule has 0 aliphatic heterocycles. The first-order chi connectivity index (χ1) is 8.72. The van der Waals surface area contributed by atoms with Crippen molar-refractivity contribution in [3.8, 4) is 6.07 Å². The third-order valence-electron chi connectivity index (χ3n) is 2.76. The Morgan fingerprint density at radius 1 is 1.28 bits per heavy atom. The van der Waals surface area contributed by atoms with Crippen molar-refractivity contribution in [3.63, 3.8) is 0 Å². The van der Waals surface area contributed by atoms with Gasteiger partial charge in [0.2, 0.25) is 0 Å². The Hall–Kier alpha value is -1.79. The maximum atomic E-state index is 11.5. The molecule has 2 unspecified atom stereocenters. The molecule has 3 heteroatoms. The van der Waals surface area contributed by atoms with E-state index >= 15 is 0 Å². The monoisotopic (exact) mass is 255 g/mol. The number of hydrogen-bond donors (Lipinski definition) is 0. The van der Waals surface area contributed by atoms with Crippen LogP contribution in [-0.2, 0) is 0 Å². The van der Waals surface area contributed by atoms with Gasteiger partial charge in [-0.1, -0.05) is 42.5 Å². The molecule has 18 heavy (non-hydrogen) atoms. The van der Waals surface area contributed by atoms with E-state index in [0.717, 1.165) is 10.5 Å². The van der Waals surface area contributed by atoms with E-state index in [4.69, 9.17) is 5.26 Å². The van der Waals surface area contributed by atoms with E-state index in [2.05, 4.69) is 6.07 Å². The minimum atomic E-state index is -0.139. The predicted molar refractivity (Wildman–Crippen MR) is 73.5 cm³/mol. The van der Waals surface area contributed by atoms with Crippen molar-refractivity contribution in [1.82, 2.24) is 0 Å². The van der Waals surface area contributed by atoms with Crippen molar-refractivity contribution in [2.45, 2.75) is 17.1 Å². The summed E-state index contributed by atoms with van der Waals surface area (Å²) < 4.78 is 0. The van der Waals surface area contributed by atoms with Crippen LogP contribution in [0.1, 0.15) is 17.3 Å². The van der Waals surface area contributed by atoms with Crippen LogP contribution in [0.3, 0.4) is 0 Å². The molecule has 2 rings (SSSR count). The molecule has 1 aromatic carbocycles. The topological polar surface area (TPSA) is 40.9 Å². The van der Waals surface area contributed by atoms with Crippen LogP contribution in [0.15, 0.2) is 53.5 Å². The summed E-state index contributed by atoms with van der Waals surface area (Å²) >= 11 is 1.57. The number of Topliss-reactive ketones (excluding diaryl/α,β-unsaturated/α-hetero) is 1. The first kappa shape index (κ1) is 12.7. The van der Waals surface area contributed by atoms with E-state index in [0.29, 0.717) is 0 Å². The van der Waals surface area contributed by atoms with Crippen LogP contribution < -0.4 is 0 Å². The molecule has 0 aromatic heterocycles. The highest BCUT2D eigenvalue weighted by molar-refractivity contribution is 8.00. The number of nitriles is 1. The summed E-state index contributed by atoms with van der Waals surface area (Å²) in [6.07, 6.45) is 7.74. The number of nitrogens with zero attached hydrogens (tertiary/aromatic N) is 1. The van der Waals surface area contributed by atoms with Gasteiger partial charge in [-0.05, 0) is 13.0 Å². The molecule has 0 N–H and O–H groups in total. The fourth-order valence-corrected chi connectivity index (χ4v) is 3.08. The molecule has 90 valence electrons. The van der Waals surface area contributed by atoms with Gasteiger partial charge >= 0.3 is 0 Å². The second kappa shape index (κ2) is 5.70. The van der Waals surface area contributed by atoms with E-state index in [1.165, 1.54) is 0 Å². The Bertz CT molecular complexity index is 554. The molecule has 0 heterocycles. The first-order valence-electron chi connectivity index (χ1n) is 5.73. The Balaban J connectivity index is 2.24. The summed E-state index contributed by atoms with van der Waals surface area (Å²) in [4.78, 5) is 12.5. The van der Waals surface area contributed by atoms with Gasteiger partial charge < -0.3 is 0 Å². The van der Waals surface area contributed by atoms with E-state index in [-0.39, 0.29) is 17.0 Å². The zero-order valence-electron chi connectivity index (χ0n) is 10.0. The molecule has 1 aliphatic carbocycles. The van der Waals surface area contributed by atoms with Gasteiger partial charge in [-0.2, -0.15) is 5.26 Å². The van der Waals surface area contributed by atoms with Crippen LogP contribution in [-0.4, -0.2) is 11.0 Å². The van der Waals surface area contributed by atoms with Crippen molar-refractivity contribution in [1.29, 1.82) is 5.26 Å². The van der Waals surface area contributed by atoms with Gasteiger partial charge in [-0.15, -0.1) is 11.8 Å². The predicted octanol–water partition coefficient (Wildman–Crippen LogP) is 3.62. The van der Waals surface area contributed by atoms with Gasteiger partial charge in [0.15, 0.2) is 5.78 Å². The van der Waals surface area contributed by atoms with Gasteiger partial charge in [0, 0.05) is 15.7 Å². The highest BCUT2D eigenvalue weighted by Gasteiger charge is 2.20. The minimum absolute atomic E-state index is 0.0574. The summed E-state index contributed by atoms with van der Waals surface area (Å²) in [5.74, 6) is -0.0815. The normalized spacial score (nSPS) is 21.6. The van der Waals surface area contributed by atoms with Crippen molar-refractivity contribution in [2.75, 3.05) is 0 Å². The molecular formula is C15H13NOS. The molecular weight excluding hydrogens is 242 g/mol. The number of ketones is 1. The van der Waals surface area contributed by atoms with Crippen LogP contribution in [0.5, 0.6) is 0 Å². The van der Waals surface area contributed by atoms with E-state index in [1.54, 1.807) is 18.7 Å². The summed E-state index contributed by atoms with van der Waals surface area (Å²) in [6, 6.07) is 9.81. The molecule has 0 bridgehead atoms. The number of rotatable bonds is 3. The standard InChI is InChI=1S/C15H13NOS/c1-11(17)13-7-3-5-9-15(13)18-14-8-4-2-6-12(14)10-16/h2-9,12,14H,1H3. The number of carbonyl (C=O) groups is 1. The van der Waals surface area contributed by atoms with E-state index < -0.39 is 0 Å². The Kier molecular flexibility index (Phi) is 4.01. The smallest absolute Gasteiger partial charge is 0.160 e. The first-order valence-corrected chi connectivity index (χ1v) is 6.61. The third-order valence-corrected chi connectivity index (χ3v) is 4.10. The minimum Gasteiger partial charge on any atom is -0.294 e. The lowest BCUT2D eigenvalue weighted by Gasteiger charge is -2.18. The SMILES string of the molecule is CC(=O)c1ccccc1SC1C=CC=CC1C#N. The fraction of sp³-hybridized carbons (Fsp3) is 0.200. The molecule has 0 saturated carbocycles. The number of hydrogen-bond acceptors (Lipinski definition) is 3. The van der Waals surface area contributed by atoms with Gasteiger partial charge in [-0.3, -0.25) is 4.79 Å². The Morgan fingerprint density at radius 2 is 2.00 bits per heavy atom. The van der Waals surface area contributed by atoms with Crippen molar-refractivity contribution in [2.24, 2.45) is 5.92 Å². The molecule has 0 amide bonds. The summed E-state index contributed by atoms with van der Waals surface area (Å²) in [7, 11) is 0. The van der Waals surface area contributed by atoms with E-state index in [1.807, 2.05) is 48.6 Å². The van der Waals surface area contributed by atoms with Gasteiger partial charge in [-0.25, -0.2) is 0 Å². The largest absolute Gasteiger partial charge is 0.294 e. The highest BCUT2D eigenvalue weighted by Crippen LogP contribution is 2.33. The lowest BCUT2D eigenvalue weighted by atomic mass is 10.0. The molecule has 0 radical (unpaired) electrons. The average molecular weight is 255 g/mol. The van der Waals surface area contributed by atoms with Crippen LogP contribution in [0, 0.1) is 17.2 Å². The van der Waals surface area contributed by atoms with Crippen LogP contribution in [0.25, 0.3) is 0 Å². The second-order valence-electron chi connectivity index (χ2n) is 4.06. The number of carbonyl (C=O) groups excluding carboxylic acids is 1. The number of allylic oxidation sites excluding steroid dienone is 3. The van der Waals surface area contributed by atoms with Crippen molar-refractivity contribution >= 4 is 17.5 Å². The second-order valence-corrected chi connectivity index (χ2v) is 5.28. The van der Waals surface area contributed by atoms with Crippen molar-refractivity contribution in [3.05, 3.63) is 54.1 Å². The average Bonchev–Trinajstić information content (AvgIpc) is 2.40. The van der Waals surface area contributed by atoms with Gasteiger partial charge in [0.05, 0.1) is 12.0 Å². The molecule has 0 spiro atoms. The zero-order valence-corrected chi connectivity index (χ0v) is 10.9. The van der Waals surface area contributed by atoms with Gasteiger partial charge in [0.25, 0.3) is 0 Å². The fourth-order valence-electron chi connectivity index (χ4n) is 1.82. The Morgan fingerprint density at radius 3 is 2.72 bits per heavy atom. The van der Waals surface area contributed by atoms with Gasteiger partial charge in [0.1, 0.15) is 0 Å². The maximum Gasteiger partial charge on any atom is 0.160 e. The zero-order chi connectivity index (χ0) is 13.0. The van der Waals surface area contributed by atoms with Crippen LogP contribution in [0.2, 0.25) is 0 Å². The summed E-state index contributed by atoms with van der Waals surface area (Å²) in [6.45, 7) is 1.57. The summed E-state index contributed by atoms with van der Waals surface area (Å²) in [5, 5.41) is 9.17. The highest BCUT2D eigenvalue weighted by atomic mass is 32.2. The number of thioether (sulfide) groups is 1. The molecule has 0 fully saturated rings. The maximum absolute atomic E-state index is 11.5. The molecule has 1 aromatic rings. The summed E-state index contributed by atoms with van der Waals surface area (Å²) in [5.41, 5.74) is 0.724.